The molecule has 0 saturated heterocycles. The molecule has 1 N–H and O–H groups in total. The first-order chi connectivity index (χ1) is 9.04. The molecule has 0 saturated carbocycles. The van der Waals surface area contributed by atoms with Gasteiger partial charge in [-0.3, -0.25) is 0 Å². The van der Waals surface area contributed by atoms with Crippen LogP contribution < -0.4 is 9.64 Å². The Labute approximate surface area is 114 Å². The Balaban J connectivity index is 2.22. The summed E-state index contributed by atoms with van der Waals surface area (Å²) < 4.78 is 5.85. The van der Waals surface area contributed by atoms with Gasteiger partial charge in [-0.25, -0.2) is 0 Å². The Kier molecular flexibility index (Phi) is 2.95. The SMILES string of the molecule is CN1CCCC(C)(N(C)O)c2ccc3c(c21)OCC3. The highest BCUT2D eigenvalue weighted by molar-refractivity contribution is 5.69. The van der Waals surface area contributed by atoms with E-state index >= 15 is 0 Å². The molecule has 2 aliphatic heterocycles. The summed E-state index contributed by atoms with van der Waals surface area (Å²) in [6.45, 7) is 3.87. The maximum atomic E-state index is 10.1. The van der Waals surface area contributed by atoms with Crippen molar-refractivity contribution < 1.29 is 9.94 Å². The van der Waals surface area contributed by atoms with Crippen molar-refractivity contribution in [2.24, 2.45) is 0 Å². The zero-order chi connectivity index (χ0) is 13.6. The minimum Gasteiger partial charge on any atom is -0.491 e. The van der Waals surface area contributed by atoms with Gasteiger partial charge in [-0.1, -0.05) is 12.1 Å². The summed E-state index contributed by atoms with van der Waals surface area (Å²) in [5.74, 6) is 1.02. The van der Waals surface area contributed by atoms with Gasteiger partial charge in [-0.2, -0.15) is 5.06 Å². The lowest BCUT2D eigenvalue weighted by Gasteiger charge is -2.36. The average Bonchev–Trinajstić information content (AvgIpc) is 2.80. The topological polar surface area (TPSA) is 35.9 Å². The lowest BCUT2D eigenvalue weighted by molar-refractivity contribution is -0.153. The number of nitrogens with zero attached hydrogens (tertiary/aromatic N) is 2. The van der Waals surface area contributed by atoms with Crippen molar-refractivity contribution in [1.82, 2.24) is 5.06 Å². The maximum absolute atomic E-state index is 10.1. The van der Waals surface area contributed by atoms with Crippen LogP contribution in [0.15, 0.2) is 12.1 Å². The van der Waals surface area contributed by atoms with Crippen LogP contribution >= 0.6 is 0 Å². The first-order valence-corrected chi connectivity index (χ1v) is 6.97. The molecule has 104 valence electrons. The number of benzene rings is 1. The van der Waals surface area contributed by atoms with Gasteiger partial charge in [0.15, 0.2) is 0 Å². The van der Waals surface area contributed by atoms with Gasteiger partial charge in [0, 0.05) is 32.6 Å². The maximum Gasteiger partial charge on any atom is 0.146 e. The van der Waals surface area contributed by atoms with Crippen molar-refractivity contribution in [3.8, 4) is 5.75 Å². The van der Waals surface area contributed by atoms with E-state index in [2.05, 4.69) is 31.0 Å². The smallest absolute Gasteiger partial charge is 0.146 e. The molecule has 4 heteroatoms. The van der Waals surface area contributed by atoms with Gasteiger partial charge in [0.05, 0.1) is 17.8 Å². The largest absolute Gasteiger partial charge is 0.491 e. The Hall–Kier alpha value is -1.26. The van der Waals surface area contributed by atoms with Crippen molar-refractivity contribution in [2.75, 3.05) is 32.1 Å². The molecule has 1 atom stereocenters. The van der Waals surface area contributed by atoms with Gasteiger partial charge >= 0.3 is 0 Å². The number of hydroxylamine groups is 2. The summed E-state index contributed by atoms with van der Waals surface area (Å²) in [6, 6.07) is 4.32. The van der Waals surface area contributed by atoms with E-state index in [-0.39, 0.29) is 5.54 Å². The second-order valence-corrected chi connectivity index (χ2v) is 5.87. The number of fused-ring (bicyclic) bond motifs is 3. The number of hydrogen-bond donors (Lipinski definition) is 1. The minimum atomic E-state index is -0.346. The molecule has 0 fully saturated rings. The van der Waals surface area contributed by atoms with E-state index in [0.29, 0.717) is 0 Å². The van der Waals surface area contributed by atoms with E-state index in [9.17, 15) is 5.21 Å². The molecule has 0 radical (unpaired) electrons. The molecular weight excluding hydrogens is 240 g/mol. The van der Waals surface area contributed by atoms with Crippen LogP contribution in [-0.4, -0.2) is 37.5 Å². The lowest BCUT2D eigenvalue weighted by atomic mass is 9.86. The predicted octanol–water partition coefficient (Wildman–Crippen LogP) is 2.39. The molecule has 2 heterocycles. The summed E-state index contributed by atoms with van der Waals surface area (Å²) >= 11 is 0. The standard InChI is InChI=1S/C15H22N2O2/c1-15(17(3)18)8-4-9-16(2)13-12(15)6-5-11-7-10-19-14(11)13/h5-6,18H,4,7-10H2,1-3H3. The van der Waals surface area contributed by atoms with E-state index in [1.165, 1.54) is 10.6 Å². The van der Waals surface area contributed by atoms with Crippen LogP contribution in [0.2, 0.25) is 0 Å². The fourth-order valence-corrected chi connectivity index (χ4v) is 3.29. The molecule has 4 nitrogen and oxygen atoms in total. The Morgan fingerprint density at radius 2 is 2.21 bits per heavy atom. The quantitative estimate of drug-likeness (QED) is 0.788. The fourth-order valence-electron chi connectivity index (χ4n) is 3.29. The van der Waals surface area contributed by atoms with Crippen LogP contribution in [0.5, 0.6) is 5.75 Å². The number of anilines is 1. The average molecular weight is 262 g/mol. The van der Waals surface area contributed by atoms with Gasteiger partial charge < -0.3 is 14.8 Å². The third kappa shape index (κ3) is 1.82. The lowest BCUT2D eigenvalue weighted by Crippen LogP contribution is -2.38. The van der Waals surface area contributed by atoms with E-state index in [4.69, 9.17) is 4.74 Å². The molecule has 0 aromatic heterocycles. The highest BCUT2D eigenvalue weighted by atomic mass is 16.5. The van der Waals surface area contributed by atoms with E-state index < -0.39 is 0 Å². The summed E-state index contributed by atoms with van der Waals surface area (Å²) in [4.78, 5) is 2.27. The van der Waals surface area contributed by atoms with Crippen LogP contribution in [-0.2, 0) is 12.0 Å². The van der Waals surface area contributed by atoms with Crippen LogP contribution in [0.25, 0.3) is 0 Å². The van der Waals surface area contributed by atoms with Gasteiger partial charge in [0.2, 0.25) is 0 Å². The zero-order valence-electron chi connectivity index (χ0n) is 11.9. The van der Waals surface area contributed by atoms with Gasteiger partial charge in [0.25, 0.3) is 0 Å². The fraction of sp³-hybridized carbons (Fsp3) is 0.600. The molecule has 0 bridgehead atoms. The third-order valence-corrected chi connectivity index (χ3v) is 4.66. The minimum absolute atomic E-state index is 0.346. The number of hydrogen-bond acceptors (Lipinski definition) is 4. The summed E-state index contributed by atoms with van der Waals surface area (Å²) in [6.07, 6.45) is 2.99. The molecular formula is C15H22N2O2. The van der Waals surface area contributed by atoms with E-state index in [1.807, 2.05) is 0 Å². The van der Waals surface area contributed by atoms with Crippen LogP contribution in [0.1, 0.15) is 30.9 Å². The van der Waals surface area contributed by atoms with Gasteiger partial charge in [-0.05, 0) is 25.3 Å². The van der Waals surface area contributed by atoms with Crippen molar-refractivity contribution >= 4 is 5.69 Å². The molecule has 0 amide bonds. The van der Waals surface area contributed by atoms with Crippen LogP contribution in [0.3, 0.4) is 0 Å². The normalized spacial score (nSPS) is 25.8. The van der Waals surface area contributed by atoms with Crippen molar-refractivity contribution in [3.63, 3.8) is 0 Å². The van der Waals surface area contributed by atoms with E-state index in [1.54, 1.807) is 7.05 Å². The third-order valence-electron chi connectivity index (χ3n) is 4.66. The first-order valence-electron chi connectivity index (χ1n) is 6.97. The van der Waals surface area contributed by atoms with Crippen LogP contribution in [0.4, 0.5) is 5.69 Å². The summed E-state index contributed by atoms with van der Waals surface area (Å²) in [7, 11) is 3.85. The Morgan fingerprint density at radius 3 is 2.95 bits per heavy atom. The van der Waals surface area contributed by atoms with Crippen LogP contribution in [0, 0.1) is 0 Å². The number of ether oxygens (including phenoxy) is 1. The molecule has 0 spiro atoms. The molecule has 0 aliphatic carbocycles. The second-order valence-electron chi connectivity index (χ2n) is 5.87. The Bertz CT molecular complexity index is 501. The van der Waals surface area contributed by atoms with Crippen molar-refractivity contribution in [2.45, 2.75) is 31.7 Å². The first kappa shape index (κ1) is 12.8. The predicted molar refractivity (Wildman–Crippen MR) is 75.0 cm³/mol. The highest BCUT2D eigenvalue weighted by Crippen LogP contribution is 2.47. The summed E-state index contributed by atoms with van der Waals surface area (Å²) in [5.41, 5.74) is 3.27. The molecule has 19 heavy (non-hydrogen) atoms. The highest BCUT2D eigenvalue weighted by Gasteiger charge is 2.38. The Morgan fingerprint density at radius 1 is 1.42 bits per heavy atom. The molecule has 1 unspecified atom stereocenters. The molecule has 1 aromatic rings. The molecule has 1 aromatic carbocycles. The van der Waals surface area contributed by atoms with Gasteiger partial charge in [0.1, 0.15) is 5.75 Å². The van der Waals surface area contributed by atoms with Crippen molar-refractivity contribution in [1.29, 1.82) is 0 Å². The number of rotatable bonds is 1. The van der Waals surface area contributed by atoms with Crippen molar-refractivity contribution in [3.05, 3.63) is 23.3 Å². The summed E-state index contributed by atoms with van der Waals surface area (Å²) in [5, 5.41) is 11.5. The van der Waals surface area contributed by atoms with Gasteiger partial charge in [-0.15, -0.1) is 0 Å². The molecule has 3 rings (SSSR count). The van der Waals surface area contributed by atoms with E-state index in [0.717, 1.165) is 49.4 Å². The zero-order valence-corrected chi connectivity index (χ0v) is 11.9. The second kappa shape index (κ2) is 4.39. The molecule has 2 aliphatic rings. The monoisotopic (exact) mass is 262 g/mol.